The summed E-state index contributed by atoms with van der Waals surface area (Å²) >= 11 is 0. The van der Waals surface area contributed by atoms with Crippen molar-refractivity contribution in [2.45, 2.75) is 64.1 Å². The molecule has 132 valence electrons. The Balaban J connectivity index is 1.63. The van der Waals surface area contributed by atoms with Gasteiger partial charge in [0.05, 0.1) is 12.8 Å². The molecule has 1 amide bonds. The molecule has 6 heteroatoms. The Morgan fingerprint density at radius 1 is 1.29 bits per heavy atom. The fourth-order valence-electron chi connectivity index (χ4n) is 3.69. The second-order valence-corrected chi connectivity index (χ2v) is 7.65. The molecule has 0 radical (unpaired) electrons. The molecule has 0 unspecified atom stereocenters. The number of nitrogens with zero attached hydrogens (tertiary/aromatic N) is 2. The molecule has 2 saturated heterocycles. The van der Waals surface area contributed by atoms with E-state index in [0.717, 1.165) is 31.9 Å². The maximum atomic E-state index is 12.9. The summed E-state index contributed by atoms with van der Waals surface area (Å²) in [6.45, 7) is 6.14. The van der Waals surface area contributed by atoms with Crippen molar-refractivity contribution in [3.8, 4) is 5.88 Å². The fraction of sp³-hybridized carbons (Fsp3) is 0.667. The average molecular weight is 336 g/mol. The van der Waals surface area contributed by atoms with Gasteiger partial charge < -0.3 is 14.4 Å². The molecule has 0 aromatic carbocycles. The summed E-state index contributed by atoms with van der Waals surface area (Å²) in [5, 5.41) is 0. The summed E-state index contributed by atoms with van der Waals surface area (Å²) in [4.78, 5) is 18.4. The lowest BCUT2D eigenvalue weighted by atomic mass is 9.91. The van der Waals surface area contributed by atoms with Crippen molar-refractivity contribution in [2.24, 2.45) is 5.92 Å². The fourth-order valence-corrected chi connectivity index (χ4v) is 3.69. The number of hydrogen-bond donors (Lipinski definition) is 0. The normalized spacial score (nSPS) is 26.3. The minimum Gasteiger partial charge on any atom is -0.477 e. The number of hydrogen-bond acceptors (Lipinski definition) is 4. The number of halogens is 1. The van der Waals surface area contributed by atoms with Gasteiger partial charge in [0, 0.05) is 24.1 Å². The van der Waals surface area contributed by atoms with Crippen LogP contribution in [0.3, 0.4) is 0 Å². The summed E-state index contributed by atoms with van der Waals surface area (Å²) in [5.74, 6) is 0.290. The van der Waals surface area contributed by atoms with Crippen LogP contribution >= 0.6 is 0 Å². The van der Waals surface area contributed by atoms with Gasteiger partial charge in [-0.25, -0.2) is 14.2 Å². The first-order valence-corrected chi connectivity index (χ1v) is 8.59. The largest absolute Gasteiger partial charge is 0.477 e. The highest BCUT2D eigenvalue weighted by molar-refractivity contribution is 5.69. The molecule has 3 atom stereocenters. The van der Waals surface area contributed by atoms with Gasteiger partial charge in [-0.2, -0.15) is 0 Å². The molecule has 3 rings (SSSR count). The first kappa shape index (κ1) is 17.0. The molecule has 0 spiro atoms. The lowest BCUT2D eigenvalue weighted by Gasteiger charge is -2.40. The van der Waals surface area contributed by atoms with E-state index in [1.54, 1.807) is 0 Å². The minimum atomic E-state index is -0.488. The molecule has 1 aromatic heterocycles. The molecule has 5 nitrogen and oxygen atoms in total. The van der Waals surface area contributed by atoms with Gasteiger partial charge in [0.2, 0.25) is 5.88 Å². The highest BCUT2D eigenvalue weighted by Crippen LogP contribution is 2.40. The van der Waals surface area contributed by atoms with Crippen LogP contribution in [0.5, 0.6) is 5.88 Å². The maximum Gasteiger partial charge on any atom is 0.410 e. The minimum absolute atomic E-state index is 0.152. The number of rotatable bonds is 3. The molecule has 2 bridgehead atoms. The third kappa shape index (κ3) is 3.79. The van der Waals surface area contributed by atoms with Crippen LogP contribution in [-0.4, -0.2) is 40.3 Å². The van der Waals surface area contributed by atoms with Crippen molar-refractivity contribution in [2.75, 3.05) is 6.61 Å². The summed E-state index contributed by atoms with van der Waals surface area (Å²) in [6, 6.07) is 3.30. The Morgan fingerprint density at radius 2 is 2.04 bits per heavy atom. The van der Waals surface area contributed by atoms with Crippen LogP contribution in [-0.2, 0) is 4.74 Å². The van der Waals surface area contributed by atoms with E-state index < -0.39 is 5.60 Å². The van der Waals surface area contributed by atoms with E-state index in [2.05, 4.69) is 4.98 Å². The van der Waals surface area contributed by atoms with Gasteiger partial charge in [0.1, 0.15) is 11.4 Å². The molecular formula is C18H25FN2O3. The summed E-state index contributed by atoms with van der Waals surface area (Å²) in [5.41, 5.74) is -0.488. The van der Waals surface area contributed by atoms with Gasteiger partial charge in [-0.1, -0.05) is 0 Å². The van der Waals surface area contributed by atoms with Crippen molar-refractivity contribution in [3.63, 3.8) is 0 Å². The van der Waals surface area contributed by atoms with Crippen LogP contribution in [0, 0.1) is 11.7 Å². The standard InChI is InChI=1S/C18H25FN2O3/c1-18(2,3)24-17(22)21-14-6-4-12(15(21)8-7-14)11-23-16-9-5-13(19)10-20-16/h5,9-10,12,14-15H,4,6-8,11H2,1-3H3/t12-,14+,15-/m1/s1. The molecule has 1 aromatic rings. The summed E-state index contributed by atoms with van der Waals surface area (Å²) in [7, 11) is 0. The Morgan fingerprint density at radius 3 is 2.71 bits per heavy atom. The Hall–Kier alpha value is -1.85. The Bertz CT molecular complexity index is 585. The van der Waals surface area contributed by atoms with Crippen molar-refractivity contribution in [1.82, 2.24) is 9.88 Å². The SMILES string of the molecule is CC(C)(C)OC(=O)N1[C@H]2CC[C@H](COc3ccc(F)cn3)[C@H]1CC2. The van der Waals surface area contributed by atoms with E-state index in [1.807, 2.05) is 25.7 Å². The first-order valence-electron chi connectivity index (χ1n) is 8.59. The Labute approximate surface area is 142 Å². The van der Waals surface area contributed by atoms with Crippen LogP contribution < -0.4 is 4.74 Å². The number of carbonyl (C=O) groups excluding carboxylic acids is 1. The van der Waals surface area contributed by atoms with Crippen LogP contribution in [0.1, 0.15) is 46.5 Å². The molecule has 2 aliphatic rings. The number of aromatic nitrogens is 1. The molecule has 24 heavy (non-hydrogen) atoms. The molecule has 2 aliphatic heterocycles. The maximum absolute atomic E-state index is 12.9. The lowest BCUT2D eigenvalue weighted by molar-refractivity contribution is -0.00608. The lowest BCUT2D eigenvalue weighted by Crippen LogP contribution is -2.51. The second-order valence-electron chi connectivity index (χ2n) is 7.65. The van der Waals surface area contributed by atoms with Crippen molar-refractivity contribution in [1.29, 1.82) is 0 Å². The zero-order chi connectivity index (χ0) is 17.3. The van der Waals surface area contributed by atoms with Crippen LogP contribution in [0.15, 0.2) is 18.3 Å². The smallest absolute Gasteiger partial charge is 0.410 e. The van der Waals surface area contributed by atoms with Crippen LogP contribution in [0.2, 0.25) is 0 Å². The summed E-state index contributed by atoms with van der Waals surface area (Å²) in [6.07, 6.45) is 4.93. The van der Waals surface area contributed by atoms with Gasteiger partial charge in [0.15, 0.2) is 0 Å². The highest BCUT2D eigenvalue weighted by Gasteiger charge is 2.46. The molecule has 0 aliphatic carbocycles. The van der Waals surface area contributed by atoms with Crippen LogP contribution in [0.4, 0.5) is 9.18 Å². The van der Waals surface area contributed by atoms with Gasteiger partial charge in [-0.05, 0) is 52.5 Å². The van der Waals surface area contributed by atoms with E-state index >= 15 is 0 Å². The molecule has 2 fully saturated rings. The van der Waals surface area contributed by atoms with Gasteiger partial charge in [0.25, 0.3) is 0 Å². The number of pyridine rings is 1. The molecular weight excluding hydrogens is 311 g/mol. The monoisotopic (exact) mass is 336 g/mol. The van der Waals surface area contributed by atoms with E-state index in [4.69, 9.17) is 9.47 Å². The molecule has 0 N–H and O–H groups in total. The zero-order valence-corrected chi connectivity index (χ0v) is 14.5. The number of fused-ring (bicyclic) bond motifs is 2. The van der Waals surface area contributed by atoms with Crippen molar-refractivity contribution in [3.05, 3.63) is 24.1 Å². The second kappa shape index (κ2) is 6.57. The van der Waals surface area contributed by atoms with E-state index in [1.165, 1.54) is 12.1 Å². The number of piperidine rings is 1. The predicted molar refractivity (Wildman–Crippen MR) is 87.3 cm³/mol. The topological polar surface area (TPSA) is 51.7 Å². The van der Waals surface area contributed by atoms with Gasteiger partial charge >= 0.3 is 6.09 Å². The number of carbonyl (C=O) groups is 1. The molecule has 0 saturated carbocycles. The van der Waals surface area contributed by atoms with E-state index in [9.17, 15) is 9.18 Å². The average Bonchev–Trinajstić information content (AvgIpc) is 2.82. The van der Waals surface area contributed by atoms with Gasteiger partial charge in [-0.15, -0.1) is 0 Å². The zero-order valence-electron chi connectivity index (χ0n) is 14.5. The van der Waals surface area contributed by atoms with Crippen LogP contribution in [0.25, 0.3) is 0 Å². The number of ether oxygens (including phenoxy) is 2. The van der Waals surface area contributed by atoms with E-state index in [-0.39, 0.29) is 29.9 Å². The van der Waals surface area contributed by atoms with Gasteiger partial charge in [-0.3, -0.25) is 0 Å². The molecule has 3 heterocycles. The third-order valence-electron chi connectivity index (χ3n) is 4.71. The van der Waals surface area contributed by atoms with Crippen molar-refractivity contribution < 1.29 is 18.7 Å². The van der Waals surface area contributed by atoms with Crippen molar-refractivity contribution >= 4 is 6.09 Å². The Kier molecular flexibility index (Phi) is 4.65. The third-order valence-corrected chi connectivity index (χ3v) is 4.71. The van der Waals surface area contributed by atoms with E-state index in [0.29, 0.717) is 12.5 Å². The highest BCUT2D eigenvalue weighted by atomic mass is 19.1. The predicted octanol–water partition coefficient (Wildman–Crippen LogP) is 3.78. The number of amides is 1. The summed E-state index contributed by atoms with van der Waals surface area (Å²) < 4.78 is 24.2. The quantitative estimate of drug-likeness (QED) is 0.843. The first-order chi connectivity index (χ1) is 11.3.